The molecule has 0 unspecified atom stereocenters. The third-order valence-electron chi connectivity index (χ3n) is 5.19. The zero-order valence-electron chi connectivity index (χ0n) is 16.3. The number of carboxylic acid groups (broad SMARTS) is 1. The van der Waals surface area contributed by atoms with Gasteiger partial charge in [0.15, 0.2) is 0 Å². The number of hydrogen-bond donors (Lipinski definition) is 5. The van der Waals surface area contributed by atoms with Crippen molar-refractivity contribution in [3.63, 3.8) is 0 Å². The summed E-state index contributed by atoms with van der Waals surface area (Å²) in [6.45, 7) is 13.7. The highest BCUT2D eigenvalue weighted by Crippen LogP contribution is 2.42. The normalized spacial score (nSPS) is 29.4. The van der Waals surface area contributed by atoms with Gasteiger partial charge in [0.2, 0.25) is 5.91 Å². The SMILES string of the molecule is C=C(NC)[C@@H]1C[C@H](SC2=C(C(=O)O)NC(=O)[C@H](C(C)(C)O)[C@H](C)C2=C)CN1. The van der Waals surface area contributed by atoms with Crippen LogP contribution in [0.1, 0.15) is 27.2 Å². The van der Waals surface area contributed by atoms with Crippen LogP contribution in [0.3, 0.4) is 0 Å². The molecule has 27 heavy (non-hydrogen) atoms. The number of aliphatic carboxylic acids is 1. The van der Waals surface area contributed by atoms with Crippen molar-refractivity contribution >= 4 is 23.6 Å². The van der Waals surface area contributed by atoms with Gasteiger partial charge in [0.1, 0.15) is 5.70 Å². The van der Waals surface area contributed by atoms with E-state index in [1.807, 2.05) is 7.05 Å². The Hall–Kier alpha value is -1.77. The number of rotatable bonds is 6. The molecule has 0 bridgehead atoms. The Morgan fingerprint density at radius 3 is 2.56 bits per heavy atom. The predicted octanol–water partition coefficient (Wildman–Crippen LogP) is 1.19. The van der Waals surface area contributed by atoms with Crippen LogP contribution in [-0.2, 0) is 9.59 Å². The van der Waals surface area contributed by atoms with E-state index in [1.165, 1.54) is 11.8 Å². The van der Waals surface area contributed by atoms with Gasteiger partial charge in [-0.25, -0.2) is 4.79 Å². The molecular weight excluding hydrogens is 366 g/mol. The molecule has 5 N–H and O–H groups in total. The maximum absolute atomic E-state index is 12.6. The van der Waals surface area contributed by atoms with Gasteiger partial charge in [0, 0.05) is 35.5 Å². The van der Waals surface area contributed by atoms with Crippen LogP contribution in [-0.4, -0.2) is 52.6 Å². The Bertz CT molecular complexity index is 696. The summed E-state index contributed by atoms with van der Waals surface area (Å²) in [5.74, 6) is -2.91. The number of carboxylic acids is 1. The van der Waals surface area contributed by atoms with Crippen molar-refractivity contribution in [3.05, 3.63) is 35.0 Å². The maximum Gasteiger partial charge on any atom is 0.353 e. The highest BCUT2D eigenvalue weighted by molar-refractivity contribution is 8.04. The second-order valence-corrected chi connectivity index (χ2v) is 8.97. The van der Waals surface area contributed by atoms with Crippen LogP contribution in [0.5, 0.6) is 0 Å². The van der Waals surface area contributed by atoms with Crippen molar-refractivity contribution in [3.8, 4) is 0 Å². The monoisotopic (exact) mass is 395 g/mol. The zero-order valence-corrected chi connectivity index (χ0v) is 17.1. The van der Waals surface area contributed by atoms with Gasteiger partial charge in [-0.15, -0.1) is 11.8 Å². The van der Waals surface area contributed by atoms with Crippen molar-refractivity contribution in [2.45, 2.75) is 44.1 Å². The van der Waals surface area contributed by atoms with Crippen LogP contribution in [0.15, 0.2) is 35.0 Å². The van der Waals surface area contributed by atoms with E-state index in [-0.39, 0.29) is 17.0 Å². The van der Waals surface area contributed by atoms with Gasteiger partial charge in [0.25, 0.3) is 0 Å². The molecule has 0 aromatic carbocycles. The molecule has 2 aliphatic rings. The minimum absolute atomic E-state index is 0.108. The van der Waals surface area contributed by atoms with Crippen molar-refractivity contribution in [1.29, 1.82) is 0 Å². The topological polar surface area (TPSA) is 111 Å². The molecule has 0 radical (unpaired) electrons. The van der Waals surface area contributed by atoms with Crippen LogP contribution < -0.4 is 16.0 Å². The quantitative estimate of drug-likeness (QED) is 0.459. The van der Waals surface area contributed by atoms with Crippen molar-refractivity contribution in [2.75, 3.05) is 13.6 Å². The third-order valence-corrected chi connectivity index (χ3v) is 6.59. The molecule has 2 aliphatic heterocycles. The Morgan fingerprint density at radius 2 is 2.04 bits per heavy atom. The molecule has 1 amide bonds. The number of allylic oxidation sites excluding steroid dienone is 1. The highest BCUT2D eigenvalue weighted by atomic mass is 32.2. The number of likely N-dealkylation sites (N-methyl/N-ethyl adjacent to an activating group) is 1. The molecule has 2 heterocycles. The standard InChI is InChI=1S/C19H29N3O4S/c1-9-10(2)16(27-12-7-13(21-8-12)11(3)20-6)15(18(24)25)22-17(23)14(9)19(4,5)26/h9,12-14,20-21,26H,2-3,7-8H2,1,4-6H3,(H,22,23)(H,24,25)/t9-,12+,13+,14-/m1/s1. The van der Waals surface area contributed by atoms with Gasteiger partial charge in [-0.2, -0.15) is 0 Å². The first kappa shape index (κ1) is 21.5. The fourth-order valence-corrected chi connectivity index (χ4v) is 5.07. The molecule has 150 valence electrons. The summed E-state index contributed by atoms with van der Waals surface area (Å²) < 4.78 is 0. The van der Waals surface area contributed by atoms with E-state index in [2.05, 4.69) is 29.1 Å². The molecular formula is C19H29N3O4S. The largest absolute Gasteiger partial charge is 0.477 e. The average molecular weight is 396 g/mol. The molecule has 7 nitrogen and oxygen atoms in total. The lowest BCUT2D eigenvalue weighted by Crippen LogP contribution is -2.45. The highest BCUT2D eigenvalue weighted by Gasteiger charge is 2.44. The van der Waals surface area contributed by atoms with E-state index in [9.17, 15) is 19.8 Å². The van der Waals surface area contributed by atoms with Crippen molar-refractivity contribution in [2.24, 2.45) is 11.8 Å². The van der Waals surface area contributed by atoms with E-state index >= 15 is 0 Å². The van der Waals surface area contributed by atoms with E-state index in [4.69, 9.17) is 0 Å². The van der Waals surface area contributed by atoms with Gasteiger partial charge >= 0.3 is 5.97 Å². The first-order chi connectivity index (χ1) is 12.5. The Kier molecular flexibility index (Phi) is 6.44. The molecule has 0 spiro atoms. The molecule has 0 saturated carbocycles. The summed E-state index contributed by atoms with van der Waals surface area (Å²) in [5.41, 5.74) is -0.0296. The fraction of sp³-hybridized carbons (Fsp3) is 0.579. The number of aliphatic hydroxyl groups is 1. The summed E-state index contributed by atoms with van der Waals surface area (Å²) in [7, 11) is 1.82. The first-order valence-electron chi connectivity index (χ1n) is 8.93. The Labute approximate surface area is 164 Å². The molecule has 1 fully saturated rings. The van der Waals surface area contributed by atoms with Gasteiger partial charge in [-0.3, -0.25) is 4.79 Å². The van der Waals surface area contributed by atoms with Gasteiger partial charge in [-0.05, 0) is 31.8 Å². The summed E-state index contributed by atoms with van der Waals surface area (Å²) >= 11 is 1.41. The molecule has 2 rings (SSSR count). The lowest BCUT2D eigenvalue weighted by Gasteiger charge is -2.32. The number of hydrogen-bond acceptors (Lipinski definition) is 6. The lowest BCUT2D eigenvalue weighted by molar-refractivity contribution is -0.138. The zero-order chi connectivity index (χ0) is 20.5. The van der Waals surface area contributed by atoms with Crippen LogP contribution in [0.2, 0.25) is 0 Å². The van der Waals surface area contributed by atoms with Crippen LogP contribution in [0.4, 0.5) is 0 Å². The van der Waals surface area contributed by atoms with E-state index < -0.39 is 29.3 Å². The minimum atomic E-state index is -1.30. The van der Waals surface area contributed by atoms with Crippen LogP contribution in [0.25, 0.3) is 0 Å². The predicted molar refractivity (Wildman–Crippen MR) is 107 cm³/mol. The second-order valence-electron chi connectivity index (χ2n) is 7.66. The Morgan fingerprint density at radius 1 is 1.41 bits per heavy atom. The smallest absolute Gasteiger partial charge is 0.353 e. The van der Waals surface area contributed by atoms with Gasteiger partial charge < -0.3 is 26.2 Å². The van der Waals surface area contributed by atoms with Crippen molar-refractivity contribution in [1.82, 2.24) is 16.0 Å². The molecule has 1 saturated heterocycles. The lowest BCUT2D eigenvalue weighted by atomic mass is 9.77. The van der Waals surface area contributed by atoms with E-state index in [0.717, 1.165) is 12.1 Å². The minimum Gasteiger partial charge on any atom is -0.477 e. The second kappa shape index (κ2) is 8.08. The summed E-state index contributed by atoms with van der Waals surface area (Å²) in [6, 6.07) is 0.108. The maximum atomic E-state index is 12.6. The molecule has 4 atom stereocenters. The van der Waals surface area contributed by atoms with E-state index in [1.54, 1.807) is 20.8 Å². The number of amides is 1. The van der Waals surface area contributed by atoms with Gasteiger partial charge in [-0.1, -0.05) is 20.1 Å². The Balaban J connectivity index is 2.32. The molecule has 0 aromatic heterocycles. The first-order valence-corrected chi connectivity index (χ1v) is 9.81. The molecule has 0 aliphatic carbocycles. The molecule has 8 heteroatoms. The number of nitrogens with one attached hydrogen (secondary N) is 3. The van der Waals surface area contributed by atoms with Crippen molar-refractivity contribution < 1.29 is 19.8 Å². The summed E-state index contributed by atoms with van der Waals surface area (Å²) in [4.78, 5) is 24.9. The van der Waals surface area contributed by atoms with E-state index in [0.29, 0.717) is 17.0 Å². The molecule has 0 aromatic rings. The number of carbonyl (C=O) groups is 2. The third kappa shape index (κ3) is 4.56. The fourth-order valence-electron chi connectivity index (χ4n) is 3.67. The number of carbonyl (C=O) groups excluding carboxylic acids is 1. The number of thioether (sulfide) groups is 1. The van der Waals surface area contributed by atoms with Crippen LogP contribution in [0, 0.1) is 11.8 Å². The summed E-state index contributed by atoms with van der Waals surface area (Å²) in [5, 5.41) is 29.1. The summed E-state index contributed by atoms with van der Waals surface area (Å²) in [6.07, 6.45) is 0.783. The average Bonchev–Trinajstić information content (AvgIpc) is 3.00. The van der Waals surface area contributed by atoms with Gasteiger partial charge in [0.05, 0.1) is 11.5 Å². The van der Waals surface area contributed by atoms with Crippen LogP contribution >= 0.6 is 11.8 Å².